The Hall–Kier alpha value is -3.19. The standard InChI is InChI=1S/C24H25N5O2/c1-14-26-21-11-22(30)17(10-23(21)31-14)18-4-5-20-19(27-18)6-7-24(28-20)29-9-8-16(13-29)25-12-15-2-3-15/h4-7,10-11,15-16,25,30H,2-3,8-9,12-13H2,1H3/t16-/m1/s1. The highest BCUT2D eigenvalue weighted by molar-refractivity contribution is 5.86. The number of oxazole rings is 1. The van der Waals surface area contributed by atoms with Crippen LogP contribution in [0.5, 0.6) is 5.75 Å². The van der Waals surface area contributed by atoms with Gasteiger partial charge in [0.25, 0.3) is 0 Å². The van der Waals surface area contributed by atoms with Gasteiger partial charge in [0.15, 0.2) is 11.5 Å². The number of phenolic OH excluding ortho intramolecular Hbond substituents is 1. The summed E-state index contributed by atoms with van der Waals surface area (Å²) in [4.78, 5) is 16.2. The summed E-state index contributed by atoms with van der Waals surface area (Å²) in [5.41, 5.74) is 4.24. The third kappa shape index (κ3) is 3.59. The van der Waals surface area contributed by atoms with Crippen LogP contribution in [0.3, 0.4) is 0 Å². The van der Waals surface area contributed by atoms with Crippen molar-refractivity contribution in [2.45, 2.75) is 32.2 Å². The zero-order valence-electron chi connectivity index (χ0n) is 17.5. The molecule has 2 aliphatic rings. The van der Waals surface area contributed by atoms with E-state index < -0.39 is 0 Å². The van der Waals surface area contributed by atoms with Crippen molar-refractivity contribution in [3.05, 3.63) is 42.3 Å². The number of nitrogens with zero attached hydrogens (tertiary/aromatic N) is 4. The van der Waals surface area contributed by atoms with Crippen molar-refractivity contribution in [3.8, 4) is 17.0 Å². The monoisotopic (exact) mass is 415 g/mol. The Morgan fingerprint density at radius 1 is 1.03 bits per heavy atom. The zero-order chi connectivity index (χ0) is 20.9. The molecule has 0 amide bonds. The molecule has 4 aromatic rings. The fraction of sp³-hybridized carbons (Fsp3) is 0.375. The quantitative estimate of drug-likeness (QED) is 0.509. The number of nitrogens with one attached hydrogen (secondary N) is 1. The number of hydrogen-bond acceptors (Lipinski definition) is 7. The second kappa shape index (κ2) is 7.20. The number of aromatic nitrogens is 3. The van der Waals surface area contributed by atoms with Gasteiger partial charge in [-0.2, -0.15) is 0 Å². The fourth-order valence-corrected chi connectivity index (χ4v) is 4.40. The number of anilines is 1. The first kappa shape index (κ1) is 18.6. The third-order valence-electron chi connectivity index (χ3n) is 6.32. The number of pyridine rings is 2. The molecule has 2 fully saturated rings. The Balaban J connectivity index is 1.25. The lowest BCUT2D eigenvalue weighted by atomic mass is 10.1. The summed E-state index contributed by atoms with van der Waals surface area (Å²) in [7, 11) is 0. The van der Waals surface area contributed by atoms with Gasteiger partial charge in [0.2, 0.25) is 0 Å². The molecule has 1 aliphatic carbocycles. The molecule has 0 spiro atoms. The van der Waals surface area contributed by atoms with Gasteiger partial charge in [-0.25, -0.2) is 15.0 Å². The molecule has 6 rings (SSSR count). The summed E-state index contributed by atoms with van der Waals surface area (Å²) in [6, 6.07) is 11.9. The Morgan fingerprint density at radius 3 is 2.74 bits per heavy atom. The summed E-state index contributed by atoms with van der Waals surface area (Å²) < 4.78 is 5.61. The van der Waals surface area contributed by atoms with Crippen molar-refractivity contribution in [2.24, 2.45) is 5.92 Å². The van der Waals surface area contributed by atoms with Crippen LogP contribution in [0.1, 0.15) is 25.2 Å². The maximum absolute atomic E-state index is 10.5. The summed E-state index contributed by atoms with van der Waals surface area (Å²) in [5.74, 6) is 2.61. The van der Waals surface area contributed by atoms with Gasteiger partial charge in [-0.3, -0.25) is 0 Å². The molecule has 1 saturated heterocycles. The number of aromatic hydroxyl groups is 1. The predicted molar refractivity (Wildman–Crippen MR) is 120 cm³/mol. The molecule has 1 atom stereocenters. The van der Waals surface area contributed by atoms with Gasteiger partial charge in [-0.05, 0) is 62.1 Å². The average Bonchev–Trinajstić information content (AvgIpc) is 3.35. The topological polar surface area (TPSA) is 87.3 Å². The molecular weight excluding hydrogens is 390 g/mol. The van der Waals surface area contributed by atoms with E-state index in [4.69, 9.17) is 14.4 Å². The van der Waals surface area contributed by atoms with Crippen molar-refractivity contribution < 1.29 is 9.52 Å². The number of phenols is 1. The number of fused-ring (bicyclic) bond motifs is 2. The highest BCUT2D eigenvalue weighted by Crippen LogP contribution is 2.34. The first-order chi connectivity index (χ1) is 15.1. The van der Waals surface area contributed by atoms with E-state index in [-0.39, 0.29) is 5.75 Å². The molecule has 158 valence electrons. The number of hydrogen-bond donors (Lipinski definition) is 2. The summed E-state index contributed by atoms with van der Waals surface area (Å²) in [5, 5.41) is 14.2. The molecule has 0 bridgehead atoms. The normalized spacial score (nSPS) is 19.0. The highest BCUT2D eigenvalue weighted by atomic mass is 16.3. The summed E-state index contributed by atoms with van der Waals surface area (Å²) in [6.07, 6.45) is 3.93. The molecule has 1 saturated carbocycles. The lowest BCUT2D eigenvalue weighted by molar-refractivity contribution is 0.477. The van der Waals surface area contributed by atoms with Crippen molar-refractivity contribution in [3.63, 3.8) is 0 Å². The smallest absolute Gasteiger partial charge is 0.192 e. The van der Waals surface area contributed by atoms with E-state index in [1.165, 1.54) is 12.8 Å². The van der Waals surface area contributed by atoms with E-state index in [9.17, 15) is 5.11 Å². The molecule has 7 heteroatoms. The van der Waals surface area contributed by atoms with Crippen molar-refractivity contribution in [1.29, 1.82) is 0 Å². The van der Waals surface area contributed by atoms with E-state index in [0.29, 0.717) is 34.3 Å². The average molecular weight is 415 g/mol. The number of benzene rings is 1. The molecular formula is C24H25N5O2. The van der Waals surface area contributed by atoms with Crippen LogP contribution in [0.4, 0.5) is 5.82 Å². The molecule has 0 unspecified atom stereocenters. The maximum atomic E-state index is 10.5. The molecule has 1 aliphatic heterocycles. The first-order valence-electron chi connectivity index (χ1n) is 11.0. The van der Waals surface area contributed by atoms with Crippen molar-refractivity contribution >= 4 is 28.0 Å². The van der Waals surface area contributed by atoms with Crippen LogP contribution in [0.25, 0.3) is 33.4 Å². The Kier molecular flexibility index (Phi) is 4.31. The van der Waals surface area contributed by atoms with Crippen LogP contribution in [0, 0.1) is 12.8 Å². The van der Waals surface area contributed by atoms with Crippen LogP contribution >= 0.6 is 0 Å². The van der Waals surface area contributed by atoms with Gasteiger partial charge in [-0.1, -0.05) is 0 Å². The van der Waals surface area contributed by atoms with Crippen LogP contribution < -0.4 is 10.2 Å². The van der Waals surface area contributed by atoms with Gasteiger partial charge >= 0.3 is 0 Å². The van der Waals surface area contributed by atoms with E-state index >= 15 is 0 Å². The first-order valence-corrected chi connectivity index (χ1v) is 11.0. The molecule has 4 heterocycles. The van der Waals surface area contributed by atoms with Crippen LogP contribution in [0.2, 0.25) is 0 Å². The molecule has 3 aromatic heterocycles. The third-order valence-corrected chi connectivity index (χ3v) is 6.32. The Bertz CT molecular complexity index is 1280. The minimum absolute atomic E-state index is 0.138. The predicted octanol–water partition coefficient (Wildman–Crippen LogP) is 4.03. The summed E-state index contributed by atoms with van der Waals surface area (Å²) in [6.45, 7) is 4.97. The number of aryl methyl sites for hydroxylation is 1. The van der Waals surface area contributed by atoms with Crippen molar-refractivity contribution in [2.75, 3.05) is 24.5 Å². The fourth-order valence-electron chi connectivity index (χ4n) is 4.40. The number of rotatable bonds is 5. The second-order valence-corrected chi connectivity index (χ2v) is 8.76. The highest BCUT2D eigenvalue weighted by Gasteiger charge is 2.27. The molecule has 1 aromatic carbocycles. The van der Waals surface area contributed by atoms with Crippen LogP contribution in [0.15, 0.2) is 40.8 Å². The lowest BCUT2D eigenvalue weighted by Gasteiger charge is -2.18. The Labute approximate surface area is 180 Å². The van der Waals surface area contributed by atoms with E-state index in [2.05, 4.69) is 15.2 Å². The lowest BCUT2D eigenvalue weighted by Crippen LogP contribution is -2.34. The van der Waals surface area contributed by atoms with Gasteiger partial charge in [-0.15, -0.1) is 0 Å². The van der Waals surface area contributed by atoms with Gasteiger partial charge in [0.05, 0.1) is 16.7 Å². The minimum atomic E-state index is 0.138. The Morgan fingerprint density at radius 2 is 1.87 bits per heavy atom. The van der Waals surface area contributed by atoms with Crippen molar-refractivity contribution in [1.82, 2.24) is 20.3 Å². The van der Waals surface area contributed by atoms with Crippen LogP contribution in [-0.4, -0.2) is 45.7 Å². The van der Waals surface area contributed by atoms with Crippen LogP contribution in [-0.2, 0) is 0 Å². The summed E-state index contributed by atoms with van der Waals surface area (Å²) >= 11 is 0. The zero-order valence-corrected chi connectivity index (χ0v) is 17.5. The second-order valence-electron chi connectivity index (χ2n) is 8.76. The van der Waals surface area contributed by atoms with Gasteiger partial charge in [0.1, 0.15) is 17.1 Å². The van der Waals surface area contributed by atoms with Gasteiger partial charge < -0.3 is 19.7 Å². The van der Waals surface area contributed by atoms with E-state index in [1.54, 1.807) is 19.1 Å². The van der Waals surface area contributed by atoms with E-state index in [0.717, 1.165) is 48.8 Å². The van der Waals surface area contributed by atoms with Gasteiger partial charge in [0, 0.05) is 37.7 Å². The molecule has 7 nitrogen and oxygen atoms in total. The van der Waals surface area contributed by atoms with E-state index in [1.807, 2.05) is 24.3 Å². The molecule has 0 radical (unpaired) electrons. The minimum Gasteiger partial charge on any atom is -0.507 e. The molecule has 31 heavy (non-hydrogen) atoms. The molecule has 2 N–H and O–H groups in total. The SMILES string of the molecule is Cc1nc2cc(O)c(-c3ccc4nc(N5CC[C@@H](NCC6CC6)C5)ccc4n3)cc2o1. The largest absolute Gasteiger partial charge is 0.507 e. The maximum Gasteiger partial charge on any atom is 0.192 e.